The van der Waals surface area contributed by atoms with E-state index in [4.69, 9.17) is 13.6 Å². The maximum Gasteiger partial charge on any atom is 0.587 e. The molecule has 0 fully saturated rings. The molecule has 0 saturated carbocycles. The van der Waals surface area contributed by atoms with Crippen LogP contribution in [-0.2, 0) is 30.7 Å². The molecule has 194 valence electrons. The lowest BCUT2D eigenvalue weighted by Crippen LogP contribution is -2.18. The Bertz CT molecular complexity index is 1080. The van der Waals surface area contributed by atoms with E-state index in [-0.39, 0.29) is 28.3 Å². The molecule has 0 bridgehead atoms. The lowest BCUT2D eigenvalue weighted by Gasteiger charge is -2.30. The molecule has 1 aliphatic heterocycles. The number of rotatable bonds is 2. The number of benzene rings is 2. The van der Waals surface area contributed by atoms with Gasteiger partial charge in [0.15, 0.2) is 0 Å². The molecule has 1 aliphatic rings. The van der Waals surface area contributed by atoms with Crippen molar-refractivity contribution in [2.75, 3.05) is 6.61 Å². The molecule has 3 rings (SSSR count). The molecular weight excluding hydrogens is 455 g/mol. The third-order valence-electron chi connectivity index (χ3n) is 6.51. The highest BCUT2D eigenvalue weighted by Crippen LogP contribution is 2.61. The Morgan fingerprint density at radius 1 is 0.629 bits per heavy atom. The fraction of sp³-hybridized carbons (Fsp3) is 0.600. The Balaban J connectivity index is 2.60. The van der Waals surface area contributed by atoms with E-state index in [1.165, 1.54) is 11.1 Å². The predicted molar refractivity (Wildman–Crippen MR) is 147 cm³/mol. The van der Waals surface area contributed by atoms with Gasteiger partial charge in [0.1, 0.15) is 11.5 Å². The van der Waals surface area contributed by atoms with Crippen LogP contribution in [0.5, 0.6) is 11.5 Å². The van der Waals surface area contributed by atoms with Crippen molar-refractivity contribution in [2.24, 2.45) is 0 Å². The van der Waals surface area contributed by atoms with E-state index < -0.39 is 7.82 Å². The Labute approximate surface area is 213 Å². The summed E-state index contributed by atoms with van der Waals surface area (Å²) >= 11 is 0. The van der Waals surface area contributed by atoms with Crippen LogP contribution >= 0.6 is 7.82 Å². The Morgan fingerprint density at radius 3 is 1.23 bits per heavy atom. The maximum atomic E-state index is 14.0. The van der Waals surface area contributed by atoms with Crippen molar-refractivity contribution in [3.8, 4) is 22.6 Å². The Hall–Kier alpha value is -1.77. The van der Waals surface area contributed by atoms with E-state index in [2.05, 4.69) is 107 Å². The fourth-order valence-electron chi connectivity index (χ4n) is 4.29. The summed E-state index contributed by atoms with van der Waals surface area (Å²) < 4.78 is 32.3. The van der Waals surface area contributed by atoms with E-state index in [9.17, 15) is 4.57 Å². The summed E-state index contributed by atoms with van der Waals surface area (Å²) in [6.45, 7) is 28.3. The molecule has 2 aromatic rings. The number of fused-ring (bicyclic) bond motifs is 3. The predicted octanol–water partition coefficient (Wildman–Crippen LogP) is 9.46. The second kappa shape index (κ2) is 8.67. The van der Waals surface area contributed by atoms with Crippen LogP contribution in [0.4, 0.5) is 0 Å². The Kier molecular flexibility index (Phi) is 6.89. The van der Waals surface area contributed by atoms with Gasteiger partial charge >= 0.3 is 7.82 Å². The first-order valence-electron chi connectivity index (χ1n) is 12.7. The van der Waals surface area contributed by atoms with E-state index in [1.54, 1.807) is 6.92 Å². The van der Waals surface area contributed by atoms with Crippen LogP contribution in [0.2, 0.25) is 0 Å². The minimum Gasteiger partial charge on any atom is -0.394 e. The highest BCUT2D eigenvalue weighted by atomic mass is 31.2. The third-order valence-corrected chi connectivity index (χ3v) is 7.90. The molecule has 0 aromatic heterocycles. The van der Waals surface area contributed by atoms with Crippen molar-refractivity contribution < 1.29 is 18.1 Å². The lowest BCUT2D eigenvalue weighted by atomic mass is 9.75. The SMILES string of the molecule is CCOP1(=O)Oc2c(cc(C(C)(C)C)cc2C(C)(C)C)-c2cc(C(C)(C)C)cc(C(C)(C)C)c2O1. The van der Waals surface area contributed by atoms with Gasteiger partial charge in [0, 0.05) is 22.3 Å². The molecule has 0 spiro atoms. The largest absolute Gasteiger partial charge is 0.587 e. The normalized spacial score (nSPS) is 16.0. The van der Waals surface area contributed by atoms with Gasteiger partial charge in [0.05, 0.1) is 6.61 Å². The Morgan fingerprint density at radius 2 is 0.971 bits per heavy atom. The molecule has 0 saturated heterocycles. The smallest absolute Gasteiger partial charge is 0.394 e. The van der Waals surface area contributed by atoms with Crippen molar-refractivity contribution in [1.29, 1.82) is 0 Å². The summed E-state index contributed by atoms with van der Waals surface area (Å²) in [5, 5.41) is 0. The van der Waals surface area contributed by atoms with Crippen LogP contribution < -0.4 is 9.05 Å². The van der Waals surface area contributed by atoms with Gasteiger partial charge in [0.2, 0.25) is 0 Å². The summed E-state index contributed by atoms with van der Waals surface area (Å²) in [5.74, 6) is 1.18. The van der Waals surface area contributed by atoms with Gasteiger partial charge in [0.25, 0.3) is 0 Å². The molecule has 0 N–H and O–H groups in total. The van der Waals surface area contributed by atoms with Crippen LogP contribution in [0.15, 0.2) is 24.3 Å². The van der Waals surface area contributed by atoms with Crippen LogP contribution in [0.1, 0.15) is 112 Å². The van der Waals surface area contributed by atoms with Crippen molar-refractivity contribution in [3.05, 3.63) is 46.5 Å². The zero-order valence-corrected chi connectivity index (χ0v) is 25.0. The molecule has 35 heavy (non-hydrogen) atoms. The topological polar surface area (TPSA) is 44.8 Å². The summed E-state index contributed by atoms with van der Waals surface area (Å²) in [5.41, 5.74) is 5.54. The number of hydrogen-bond acceptors (Lipinski definition) is 4. The molecule has 4 nitrogen and oxygen atoms in total. The van der Waals surface area contributed by atoms with E-state index in [0.717, 1.165) is 22.3 Å². The maximum absolute atomic E-state index is 14.0. The van der Waals surface area contributed by atoms with Crippen molar-refractivity contribution >= 4 is 7.82 Å². The van der Waals surface area contributed by atoms with E-state index in [1.807, 2.05) is 0 Å². The van der Waals surface area contributed by atoms with Gasteiger partial charge in [-0.05, 0) is 51.8 Å². The van der Waals surface area contributed by atoms with Crippen LogP contribution in [0.25, 0.3) is 11.1 Å². The minimum atomic E-state index is -3.93. The van der Waals surface area contributed by atoms with E-state index in [0.29, 0.717) is 11.5 Å². The average molecular weight is 501 g/mol. The summed E-state index contributed by atoms with van der Waals surface area (Å²) in [7, 11) is -3.93. The molecule has 0 amide bonds. The van der Waals surface area contributed by atoms with Crippen LogP contribution in [0, 0.1) is 0 Å². The molecule has 0 atom stereocenters. The van der Waals surface area contributed by atoms with Gasteiger partial charge in [-0.2, -0.15) is 0 Å². The molecular formula is C30H45O4P. The second-order valence-electron chi connectivity index (χ2n) is 13.8. The number of phosphoric acid groups is 1. The number of hydrogen-bond donors (Lipinski definition) is 0. The molecule has 2 aromatic carbocycles. The molecule has 0 radical (unpaired) electrons. The molecule has 0 unspecified atom stereocenters. The van der Waals surface area contributed by atoms with Crippen LogP contribution in [0.3, 0.4) is 0 Å². The number of phosphoric ester groups is 1. The van der Waals surface area contributed by atoms with Gasteiger partial charge < -0.3 is 9.05 Å². The van der Waals surface area contributed by atoms with Gasteiger partial charge in [-0.3, -0.25) is 4.52 Å². The quantitative estimate of drug-likeness (QED) is 0.385. The highest BCUT2D eigenvalue weighted by Gasteiger charge is 2.41. The van der Waals surface area contributed by atoms with Crippen LogP contribution in [-0.4, -0.2) is 6.61 Å². The van der Waals surface area contributed by atoms with Crippen molar-refractivity contribution in [1.82, 2.24) is 0 Å². The first kappa shape index (κ1) is 27.8. The summed E-state index contributed by atoms with van der Waals surface area (Å²) in [6.07, 6.45) is 0. The molecule has 5 heteroatoms. The first-order chi connectivity index (χ1) is 15.7. The summed E-state index contributed by atoms with van der Waals surface area (Å²) in [4.78, 5) is 0. The van der Waals surface area contributed by atoms with Gasteiger partial charge in [-0.15, -0.1) is 0 Å². The van der Waals surface area contributed by atoms with Crippen molar-refractivity contribution in [2.45, 2.75) is 112 Å². The molecule has 0 aliphatic carbocycles. The van der Waals surface area contributed by atoms with E-state index >= 15 is 0 Å². The summed E-state index contributed by atoms with van der Waals surface area (Å²) in [6, 6.07) is 8.76. The lowest BCUT2D eigenvalue weighted by molar-refractivity contribution is 0.219. The highest BCUT2D eigenvalue weighted by molar-refractivity contribution is 7.49. The zero-order valence-electron chi connectivity index (χ0n) is 24.1. The zero-order chi connectivity index (χ0) is 26.8. The van der Waals surface area contributed by atoms with Crippen molar-refractivity contribution in [3.63, 3.8) is 0 Å². The minimum absolute atomic E-state index is 0.0829. The standard InChI is InChI=1S/C30H45O4P/c1-14-32-35(31)33-25-21(15-19(27(2,3)4)17-23(25)29(8,9)10)22-16-20(28(5,6)7)18-24(26(22)34-35)30(11,12)13/h15-18H,14H2,1-13H3. The average Bonchev–Trinajstić information content (AvgIpc) is 2.76. The molecule has 1 heterocycles. The first-order valence-corrected chi connectivity index (χ1v) is 14.2. The second-order valence-corrected chi connectivity index (χ2v) is 15.4. The fourth-order valence-corrected chi connectivity index (χ4v) is 5.59. The van der Waals surface area contributed by atoms with Gasteiger partial charge in [-0.25, -0.2) is 4.57 Å². The monoisotopic (exact) mass is 500 g/mol. The van der Waals surface area contributed by atoms with Gasteiger partial charge in [-0.1, -0.05) is 95.2 Å². The third kappa shape index (κ3) is 5.65.